The van der Waals surface area contributed by atoms with Crippen molar-refractivity contribution < 1.29 is 4.79 Å². The third-order valence-electron chi connectivity index (χ3n) is 3.44. The number of anilines is 1. The van der Waals surface area contributed by atoms with Crippen molar-refractivity contribution >= 4 is 23.2 Å². The zero-order valence-corrected chi connectivity index (χ0v) is 13.5. The molecule has 22 heavy (non-hydrogen) atoms. The van der Waals surface area contributed by atoms with Crippen LogP contribution in [0.1, 0.15) is 18.1 Å². The van der Waals surface area contributed by atoms with E-state index in [2.05, 4.69) is 17.6 Å². The molecule has 0 unspecified atom stereocenters. The van der Waals surface area contributed by atoms with Gasteiger partial charge in [-0.1, -0.05) is 42.8 Å². The van der Waals surface area contributed by atoms with E-state index in [0.29, 0.717) is 6.54 Å². The molecule has 0 aromatic heterocycles. The van der Waals surface area contributed by atoms with Gasteiger partial charge >= 0.3 is 0 Å². The summed E-state index contributed by atoms with van der Waals surface area (Å²) < 4.78 is 0. The Bertz CT molecular complexity index is 593. The number of carbonyl (C=O) groups is 1. The van der Waals surface area contributed by atoms with Crippen LogP contribution in [0.15, 0.2) is 48.5 Å². The minimum Gasteiger partial charge on any atom is -0.325 e. The number of halogens is 1. The number of nitrogens with one attached hydrogen (secondary N) is 2. The lowest BCUT2D eigenvalue weighted by Crippen LogP contribution is -2.29. The van der Waals surface area contributed by atoms with Crippen LogP contribution in [0.5, 0.6) is 0 Å². The van der Waals surface area contributed by atoms with Crippen LogP contribution in [0.3, 0.4) is 0 Å². The van der Waals surface area contributed by atoms with E-state index in [0.717, 1.165) is 30.1 Å². The Labute approximate surface area is 136 Å². The average Bonchev–Trinajstić information content (AvgIpc) is 2.54. The van der Waals surface area contributed by atoms with Gasteiger partial charge in [-0.3, -0.25) is 4.79 Å². The number of aryl methyl sites for hydroxylation is 1. The van der Waals surface area contributed by atoms with Crippen molar-refractivity contribution in [2.75, 3.05) is 18.4 Å². The number of hydrogen-bond donors (Lipinski definition) is 2. The molecule has 2 N–H and O–H groups in total. The van der Waals surface area contributed by atoms with Gasteiger partial charge in [0.15, 0.2) is 0 Å². The Morgan fingerprint density at radius 3 is 2.27 bits per heavy atom. The molecule has 0 saturated heterocycles. The summed E-state index contributed by atoms with van der Waals surface area (Å²) in [5.41, 5.74) is 3.30. The zero-order valence-electron chi connectivity index (χ0n) is 12.7. The van der Waals surface area contributed by atoms with Crippen molar-refractivity contribution in [2.45, 2.75) is 19.8 Å². The lowest BCUT2D eigenvalue weighted by molar-refractivity contribution is -0.115. The third kappa shape index (κ3) is 5.51. The molecule has 1 amide bonds. The van der Waals surface area contributed by atoms with Gasteiger partial charge in [0.05, 0.1) is 6.54 Å². The van der Waals surface area contributed by atoms with Gasteiger partial charge in [-0.25, -0.2) is 0 Å². The van der Waals surface area contributed by atoms with Crippen LogP contribution in [0.4, 0.5) is 5.69 Å². The van der Waals surface area contributed by atoms with Crippen LogP contribution in [0.25, 0.3) is 0 Å². The monoisotopic (exact) mass is 316 g/mol. The number of rotatable bonds is 7. The summed E-state index contributed by atoms with van der Waals surface area (Å²) >= 11 is 5.84. The molecule has 3 nitrogen and oxygen atoms in total. The van der Waals surface area contributed by atoms with Crippen molar-refractivity contribution in [1.29, 1.82) is 0 Å². The number of amides is 1. The fourth-order valence-electron chi connectivity index (χ4n) is 2.11. The summed E-state index contributed by atoms with van der Waals surface area (Å²) in [5, 5.41) is 6.77. The van der Waals surface area contributed by atoms with Crippen LogP contribution in [-0.4, -0.2) is 19.0 Å². The van der Waals surface area contributed by atoms with E-state index in [9.17, 15) is 4.79 Å². The Kier molecular flexibility index (Phi) is 6.44. The molecular weight excluding hydrogens is 296 g/mol. The van der Waals surface area contributed by atoms with Crippen molar-refractivity contribution in [3.05, 3.63) is 64.7 Å². The van der Waals surface area contributed by atoms with E-state index < -0.39 is 0 Å². The highest BCUT2D eigenvalue weighted by molar-refractivity contribution is 6.30. The number of hydrogen-bond acceptors (Lipinski definition) is 2. The first-order valence-corrected chi connectivity index (χ1v) is 7.89. The van der Waals surface area contributed by atoms with Gasteiger partial charge in [-0.2, -0.15) is 0 Å². The minimum absolute atomic E-state index is 0.0274. The maximum Gasteiger partial charge on any atom is 0.238 e. The Hall–Kier alpha value is -1.84. The summed E-state index contributed by atoms with van der Waals surface area (Å²) in [7, 11) is 0. The van der Waals surface area contributed by atoms with Gasteiger partial charge in [0, 0.05) is 10.7 Å². The molecule has 0 bridgehead atoms. The Morgan fingerprint density at radius 2 is 1.64 bits per heavy atom. The fraction of sp³-hybridized carbons (Fsp3) is 0.278. The first-order valence-electron chi connectivity index (χ1n) is 7.51. The highest BCUT2D eigenvalue weighted by Gasteiger charge is 2.02. The van der Waals surface area contributed by atoms with Gasteiger partial charge < -0.3 is 10.6 Å². The largest absolute Gasteiger partial charge is 0.325 e. The van der Waals surface area contributed by atoms with E-state index >= 15 is 0 Å². The lowest BCUT2D eigenvalue weighted by Gasteiger charge is -2.07. The Balaban J connectivity index is 1.67. The van der Waals surface area contributed by atoms with Crippen molar-refractivity contribution in [2.24, 2.45) is 0 Å². The normalized spacial score (nSPS) is 10.5. The molecule has 0 spiro atoms. The van der Waals surface area contributed by atoms with Gasteiger partial charge in [-0.15, -0.1) is 0 Å². The van der Waals surface area contributed by atoms with E-state index in [1.807, 2.05) is 48.5 Å². The molecule has 2 aromatic rings. The smallest absolute Gasteiger partial charge is 0.238 e. The average molecular weight is 317 g/mol. The first-order chi connectivity index (χ1) is 10.7. The van der Waals surface area contributed by atoms with Crippen LogP contribution in [0, 0.1) is 0 Å². The van der Waals surface area contributed by atoms with E-state index in [-0.39, 0.29) is 5.91 Å². The molecular formula is C18H21ClN2O. The van der Waals surface area contributed by atoms with Crippen molar-refractivity contribution in [3.8, 4) is 0 Å². The molecule has 0 fully saturated rings. The molecule has 0 heterocycles. The summed E-state index contributed by atoms with van der Waals surface area (Å²) in [6.45, 7) is 3.17. The maximum absolute atomic E-state index is 11.8. The zero-order chi connectivity index (χ0) is 15.8. The Morgan fingerprint density at radius 1 is 1.00 bits per heavy atom. The van der Waals surface area contributed by atoms with Gasteiger partial charge in [0.2, 0.25) is 5.91 Å². The molecule has 0 saturated carbocycles. The SMILES string of the molecule is CCc1ccc(NC(=O)CNCCc2ccc(Cl)cc2)cc1. The molecule has 2 rings (SSSR count). The van der Waals surface area contributed by atoms with Crippen LogP contribution in [0.2, 0.25) is 5.02 Å². The third-order valence-corrected chi connectivity index (χ3v) is 3.69. The number of benzene rings is 2. The molecule has 116 valence electrons. The van der Waals surface area contributed by atoms with E-state index in [1.165, 1.54) is 11.1 Å². The second kappa shape index (κ2) is 8.57. The van der Waals surface area contributed by atoms with E-state index in [4.69, 9.17) is 11.6 Å². The van der Waals surface area contributed by atoms with E-state index in [1.54, 1.807) is 0 Å². The topological polar surface area (TPSA) is 41.1 Å². The van der Waals surface area contributed by atoms with Crippen molar-refractivity contribution in [1.82, 2.24) is 5.32 Å². The molecule has 0 aliphatic carbocycles. The highest BCUT2D eigenvalue weighted by Crippen LogP contribution is 2.10. The predicted octanol–water partition coefficient (Wildman–Crippen LogP) is 3.67. The molecule has 0 aliphatic heterocycles. The lowest BCUT2D eigenvalue weighted by atomic mass is 10.1. The second-order valence-electron chi connectivity index (χ2n) is 5.15. The van der Waals surface area contributed by atoms with Gasteiger partial charge in [0.1, 0.15) is 0 Å². The highest BCUT2D eigenvalue weighted by atomic mass is 35.5. The summed E-state index contributed by atoms with van der Waals surface area (Å²) in [5.74, 6) is -0.0274. The standard InChI is InChI=1S/C18H21ClN2O/c1-2-14-5-9-17(10-6-14)21-18(22)13-20-12-11-15-3-7-16(19)8-4-15/h3-10,20H,2,11-13H2,1H3,(H,21,22). The molecule has 0 atom stereocenters. The molecule has 0 radical (unpaired) electrons. The first kappa shape index (κ1) is 16.5. The summed E-state index contributed by atoms with van der Waals surface area (Å²) in [6, 6.07) is 15.7. The van der Waals surface area contributed by atoms with Crippen LogP contribution < -0.4 is 10.6 Å². The molecule has 2 aromatic carbocycles. The predicted molar refractivity (Wildman–Crippen MR) is 92.5 cm³/mol. The minimum atomic E-state index is -0.0274. The second-order valence-corrected chi connectivity index (χ2v) is 5.59. The molecule has 0 aliphatic rings. The van der Waals surface area contributed by atoms with Gasteiger partial charge in [0.25, 0.3) is 0 Å². The molecule has 4 heteroatoms. The van der Waals surface area contributed by atoms with Gasteiger partial charge in [-0.05, 0) is 54.8 Å². The number of carbonyl (C=O) groups excluding carboxylic acids is 1. The summed E-state index contributed by atoms with van der Waals surface area (Å²) in [6.07, 6.45) is 1.87. The summed E-state index contributed by atoms with van der Waals surface area (Å²) in [4.78, 5) is 11.8. The quantitative estimate of drug-likeness (QED) is 0.765. The van der Waals surface area contributed by atoms with Crippen LogP contribution in [-0.2, 0) is 17.6 Å². The maximum atomic E-state index is 11.8. The van der Waals surface area contributed by atoms with Crippen molar-refractivity contribution in [3.63, 3.8) is 0 Å². The fourth-order valence-corrected chi connectivity index (χ4v) is 2.24. The van der Waals surface area contributed by atoms with Crippen LogP contribution >= 0.6 is 11.6 Å².